The summed E-state index contributed by atoms with van der Waals surface area (Å²) < 4.78 is 60.9. The molecule has 12 heteroatoms. The molecule has 1 N–H and O–H groups in total. The van der Waals surface area contributed by atoms with Gasteiger partial charge in [0.25, 0.3) is 0 Å². The van der Waals surface area contributed by atoms with Crippen LogP contribution in [0.1, 0.15) is 19.8 Å². The number of amides is 2. The molecule has 0 radical (unpaired) electrons. The second-order valence-corrected chi connectivity index (χ2v) is 9.20. The Balaban J connectivity index is 1.99. The number of halogens is 3. The average molecular weight is 396 g/mol. The van der Waals surface area contributed by atoms with Gasteiger partial charge in [0.1, 0.15) is 16.7 Å². The molecule has 0 aromatic carbocycles. The van der Waals surface area contributed by atoms with Crippen LogP contribution in [-0.4, -0.2) is 76.5 Å². The Hall–Kier alpha value is -2.11. The summed E-state index contributed by atoms with van der Waals surface area (Å²) in [7, 11) is -4.16. The van der Waals surface area contributed by atoms with Crippen molar-refractivity contribution in [2.75, 3.05) is 13.1 Å². The van der Waals surface area contributed by atoms with Gasteiger partial charge in [-0.05, 0) is 13.3 Å². The van der Waals surface area contributed by atoms with Crippen molar-refractivity contribution >= 4 is 27.6 Å². The van der Waals surface area contributed by atoms with Gasteiger partial charge in [0.05, 0.1) is 6.42 Å². The van der Waals surface area contributed by atoms with Crippen molar-refractivity contribution in [2.45, 2.75) is 42.1 Å². The van der Waals surface area contributed by atoms with Crippen molar-refractivity contribution < 1.29 is 41.1 Å². The maximum absolute atomic E-state index is 12.7. The summed E-state index contributed by atoms with van der Waals surface area (Å²) in [5.74, 6) is -3.17. The van der Waals surface area contributed by atoms with Crippen LogP contribution in [0.2, 0.25) is 0 Å². The highest BCUT2D eigenvalue weighted by Gasteiger charge is 2.69. The van der Waals surface area contributed by atoms with Gasteiger partial charge in [-0.25, -0.2) is 13.2 Å². The molecule has 0 aromatic rings. The number of carbonyl (C=O) groups excluding carboxylic acids is 2. The van der Waals surface area contributed by atoms with Crippen molar-refractivity contribution in [1.29, 1.82) is 0 Å². The first kappa shape index (κ1) is 18.7. The zero-order valence-corrected chi connectivity index (χ0v) is 14.3. The van der Waals surface area contributed by atoms with Gasteiger partial charge in [-0.15, -0.1) is 0 Å². The lowest BCUT2D eigenvalue weighted by atomic mass is 9.94. The zero-order chi connectivity index (χ0) is 19.7. The van der Waals surface area contributed by atoms with Crippen LogP contribution >= 0.6 is 0 Å². The van der Waals surface area contributed by atoms with E-state index in [-0.39, 0.29) is 25.0 Å². The zero-order valence-electron chi connectivity index (χ0n) is 13.5. The number of sulfone groups is 1. The molecule has 3 heterocycles. The molecule has 0 bridgehead atoms. The van der Waals surface area contributed by atoms with Crippen LogP contribution in [0.3, 0.4) is 0 Å². The third kappa shape index (κ3) is 2.49. The minimum absolute atomic E-state index is 0.134. The summed E-state index contributed by atoms with van der Waals surface area (Å²) in [4.78, 5) is 36.8. The van der Waals surface area contributed by atoms with Crippen molar-refractivity contribution in [3.8, 4) is 0 Å². The van der Waals surface area contributed by atoms with Crippen LogP contribution in [0.5, 0.6) is 0 Å². The predicted octanol–water partition coefficient (Wildman–Crippen LogP) is -0.0939. The van der Waals surface area contributed by atoms with Gasteiger partial charge in [-0.2, -0.15) is 13.2 Å². The number of alkyl halides is 3. The molecule has 0 unspecified atom stereocenters. The fourth-order valence-electron chi connectivity index (χ4n) is 3.73. The number of nitrogens with zero attached hydrogens (tertiary/aromatic N) is 2. The monoisotopic (exact) mass is 396 g/mol. The number of carboxylic acid groups (broad SMARTS) is 1. The first-order valence-corrected chi connectivity index (χ1v) is 9.19. The largest absolute Gasteiger partial charge is 0.480 e. The highest BCUT2D eigenvalue weighted by Crippen LogP contribution is 2.47. The fraction of sp³-hybridized carbons (Fsp3) is 0.643. The normalized spacial score (nSPS) is 35.0. The standard InChI is InChI=1S/C14H15F3N2O6S/c1-13(5-7-2-3-18(11(7)21)6-14(15,16)17)10(12(22)23)19-8(20)4-9(19)26(13,24)25/h5,9-10H,2-4,6H2,1H3,(H,22,23)/b7-5+/t9-,10-,13-/m1/s1. The lowest BCUT2D eigenvalue weighted by Crippen LogP contribution is -2.57. The van der Waals surface area contributed by atoms with Crippen LogP contribution in [-0.2, 0) is 24.2 Å². The lowest BCUT2D eigenvalue weighted by molar-refractivity contribution is -0.157. The molecule has 3 aliphatic rings. The van der Waals surface area contributed by atoms with E-state index in [9.17, 15) is 41.1 Å². The first-order valence-electron chi connectivity index (χ1n) is 7.65. The molecule has 3 fully saturated rings. The molecule has 8 nitrogen and oxygen atoms in total. The molecule has 3 saturated heterocycles. The second kappa shape index (κ2) is 5.44. The lowest BCUT2D eigenvalue weighted by Gasteiger charge is -2.35. The maximum atomic E-state index is 12.7. The van der Waals surface area contributed by atoms with Gasteiger partial charge < -0.3 is 14.9 Å². The Bertz CT molecular complexity index is 836. The Labute approximate surface area is 146 Å². The second-order valence-electron chi connectivity index (χ2n) is 6.69. The number of hydrogen-bond donors (Lipinski definition) is 1. The Kier molecular flexibility index (Phi) is 3.91. The van der Waals surface area contributed by atoms with Gasteiger partial charge in [-0.1, -0.05) is 6.08 Å². The van der Waals surface area contributed by atoms with E-state index in [1.807, 2.05) is 0 Å². The molecule has 0 spiro atoms. The summed E-state index contributed by atoms with van der Waals surface area (Å²) in [6.07, 6.45) is -4.16. The van der Waals surface area contributed by atoms with Gasteiger partial charge in [0.2, 0.25) is 11.8 Å². The molecular formula is C14H15F3N2O6S. The molecule has 144 valence electrons. The molecule has 26 heavy (non-hydrogen) atoms. The Morgan fingerprint density at radius 2 is 2.00 bits per heavy atom. The fourth-order valence-corrected chi connectivity index (χ4v) is 6.05. The van der Waals surface area contributed by atoms with E-state index in [0.717, 1.165) is 17.9 Å². The van der Waals surface area contributed by atoms with Crippen LogP contribution < -0.4 is 0 Å². The van der Waals surface area contributed by atoms with E-state index < -0.39 is 56.5 Å². The van der Waals surface area contributed by atoms with Gasteiger partial charge in [0.15, 0.2) is 15.9 Å². The van der Waals surface area contributed by atoms with E-state index in [2.05, 4.69) is 0 Å². The molecular weight excluding hydrogens is 381 g/mol. The van der Waals surface area contributed by atoms with E-state index in [0.29, 0.717) is 4.90 Å². The number of aliphatic carboxylic acids is 1. The number of rotatable bonds is 3. The van der Waals surface area contributed by atoms with E-state index in [1.54, 1.807) is 0 Å². The van der Waals surface area contributed by atoms with Crippen molar-refractivity contribution in [2.24, 2.45) is 0 Å². The highest BCUT2D eigenvalue weighted by atomic mass is 32.2. The molecule has 0 saturated carbocycles. The third-order valence-corrected chi connectivity index (χ3v) is 7.70. The average Bonchev–Trinajstić information content (AvgIpc) is 2.86. The first-order chi connectivity index (χ1) is 11.8. The SMILES string of the molecule is C[C@@]1(/C=C2\CCN(CC(F)(F)F)C2=O)[C@@H](C(=O)O)N2C(=O)C[C@H]2S1(=O)=O. The maximum Gasteiger partial charge on any atom is 0.406 e. The summed E-state index contributed by atoms with van der Waals surface area (Å²) in [5.41, 5.74) is -0.193. The van der Waals surface area contributed by atoms with E-state index in [4.69, 9.17) is 0 Å². The van der Waals surface area contributed by atoms with E-state index in [1.165, 1.54) is 0 Å². The summed E-state index contributed by atoms with van der Waals surface area (Å²) in [6, 6.07) is -1.73. The topological polar surface area (TPSA) is 112 Å². The summed E-state index contributed by atoms with van der Waals surface area (Å²) >= 11 is 0. The number of likely N-dealkylation sites (tertiary alicyclic amines) is 1. The molecule has 2 amide bonds. The Morgan fingerprint density at radius 1 is 1.38 bits per heavy atom. The molecule has 0 aromatic heterocycles. The number of fused-ring (bicyclic) bond motifs is 1. The highest BCUT2D eigenvalue weighted by molar-refractivity contribution is 7.94. The molecule has 0 aliphatic carbocycles. The van der Waals surface area contributed by atoms with Gasteiger partial charge in [0, 0.05) is 12.1 Å². The van der Waals surface area contributed by atoms with Crippen molar-refractivity contribution in [1.82, 2.24) is 9.80 Å². The van der Waals surface area contributed by atoms with Crippen LogP contribution in [0.4, 0.5) is 13.2 Å². The number of carbonyl (C=O) groups is 3. The van der Waals surface area contributed by atoms with Crippen LogP contribution in [0.15, 0.2) is 11.6 Å². The van der Waals surface area contributed by atoms with Crippen LogP contribution in [0.25, 0.3) is 0 Å². The van der Waals surface area contributed by atoms with Crippen molar-refractivity contribution in [3.05, 3.63) is 11.6 Å². The molecule has 3 atom stereocenters. The van der Waals surface area contributed by atoms with Gasteiger partial charge in [-0.3, -0.25) is 9.59 Å². The minimum atomic E-state index is -4.60. The predicted molar refractivity (Wildman–Crippen MR) is 79.3 cm³/mol. The van der Waals surface area contributed by atoms with Gasteiger partial charge >= 0.3 is 12.1 Å². The minimum Gasteiger partial charge on any atom is -0.480 e. The summed E-state index contributed by atoms with van der Waals surface area (Å²) in [5, 5.41) is 8.14. The summed E-state index contributed by atoms with van der Waals surface area (Å²) in [6.45, 7) is -0.633. The van der Waals surface area contributed by atoms with E-state index >= 15 is 0 Å². The Morgan fingerprint density at radius 3 is 2.50 bits per heavy atom. The quantitative estimate of drug-likeness (QED) is 0.527. The number of hydrogen-bond acceptors (Lipinski definition) is 5. The molecule has 3 aliphatic heterocycles. The number of carboxylic acids is 1. The van der Waals surface area contributed by atoms with Crippen molar-refractivity contribution in [3.63, 3.8) is 0 Å². The number of β-lactam (4-membered cyclic amide) rings is 1. The van der Waals surface area contributed by atoms with Crippen LogP contribution in [0, 0.1) is 0 Å². The molecule has 3 rings (SSSR count). The third-order valence-electron chi connectivity index (χ3n) is 5.02. The smallest absolute Gasteiger partial charge is 0.406 e.